The number of nitrogens with two attached hydrogens (primary N) is 2. The third-order valence-electron chi connectivity index (χ3n) is 2.93. The van der Waals surface area contributed by atoms with Crippen molar-refractivity contribution in [1.82, 2.24) is 5.32 Å². The standard InChI is InChI=1S/C14H20BrN5O3/c15-10-7-9(3-4-12(10)21)8-11(20-23)13(22)18-5-1-2-6-19-14(16)17/h3-4,7,21,23H,1-2,5-6,8H2,(H,18,22)(H4,16,17,19). The van der Waals surface area contributed by atoms with Gasteiger partial charge in [-0.1, -0.05) is 11.2 Å². The van der Waals surface area contributed by atoms with Crippen molar-refractivity contribution in [2.45, 2.75) is 19.3 Å². The quantitative estimate of drug-likeness (QED) is 0.147. The zero-order valence-electron chi connectivity index (χ0n) is 12.5. The van der Waals surface area contributed by atoms with Crippen molar-refractivity contribution in [2.24, 2.45) is 21.6 Å². The molecular formula is C14H20BrN5O3. The summed E-state index contributed by atoms with van der Waals surface area (Å²) in [6.07, 6.45) is 1.58. The molecule has 7 N–H and O–H groups in total. The van der Waals surface area contributed by atoms with Crippen LogP contribution in [0.1, 0.15) is 18.4 Å². The van der Waals surface area contributed by atoms with Gasteiger partial charge in [-0.15, -0.1) is 0 Å². The Morgan fingerprint density at radius 2 is 2.04 bits per heavy atom. The predicted octanol–water partition coefficient (Wildman–Crippen LogP) is 0.697. The van der Waals surface area contributed by atoms with Gasteiger partial charge in [0.05, 0.1) is 4.47 Å². The van der Waals surface area contributed by atoms with E-state index in [2.05, 4.69) is 31.4 Å². The molecule has 0 bridgehead atoms. The minimum absolute atomic E-state index is 0.00758. The molecule has 0 aromatic heterocycles. The fourth-order valence-corrected chi connectivity index (χ4v) is 2.19. The second-order valence-electron chi connectivity index (χ2n) is 4.78. The zero-order valence-corrected chi connectivity index (χ0v) is 14.1. The van der Waals surface area contributed by atoms with E-state index >= 15 is 0 Å². The molecule has 1 amide bonds. The maximum absolute atomic E-state index is 11.9. The van der Waals surface area contributed by atoms with E-state index in [-0.39, 0.29) is 23.8 Å². The number of rotatable bonds is 8. The average Bonchev–Trinajstić information content (AvgIpc) is 2.51. The Kier molecular flexibility index (Phi) is 7.89. The summed E-state index contributed by atoms with van der Waals surface area (Å²) in [5.41, 5.74) is 11.1. The number of carbonyl (C=O) groups excluding carboxylic acids is 1. The lowest BCUT2D eigenvalue weighted by Gasteiger charge is -2.07. The van der Waals surface area contributed by atoms with E-state index in [1.807, 2.05) is 0 Å². The Morgan fingerprint density at radius 1 is 1.30 bits per heavy atom. The van der Waals surface area contributed by atoms with Crippen LogP contribution in [0.25, 0.3) is 0 Å². The van der Waals surface area contributed by atoms with Crippen LogP contribution in [0.3, 0.4) is 0 Å². The summed E-state index contributed by atoms with van der Waals surface area (Å²) in [6, 6.07) is 4.80. The number of phenols is 1. The van der Waals surface area contributed by atoms with E-state index in [9.17, 15) is 9.90 Å². The number of nitrogens with one attached hydrogen (secondary N) is 1. The molecule has 0 radical (unpaired) electrons. The van der Waals surface area contributed by atoms with Crippen LogP contribution < -0.4 is 16.8 Å². The summed E-state index contributed by atoms with van der Waals surface area (Å²) in [7, 11) is 0. The number of guanidine groups is 1. The molecule has 1 aromatic carbocycles. The molecule has 1 aromatic rings. The highest BCUT2D eigenvalue weighted by molar-refractivity contribution is 9.10. The zero-order chi connectivity index (χ0) is 17.2. The third kappa shape index (κ3) is 7.00. The summed E-state index contributed by atoms with van der Waals surface area (Å²) < 4.78 is 0.507. The molecule has 0 unspecified atom stereocenters. The van der Waals surface area contributed by atoms with Crippen LogP contribution in [0.5, 0.6) is 5.75 Å². The van der Waals surface area contributed by atoms with Gasteiger partial charge >= 0.3 is 0 Å². The summed E-state index contributed by atoms with van der Waals surface area (Å²) >= 11 is 3.19. The summed E-state index contributed by atoms with van der Waals surface area (Å²) in [5.74, 6) is -0.302. The van der Waals surface area contributed by atoms with Crippen LogP contribution in [-0.2, 0) is 11.2 Å². The lowest BCUT2D eigenvalue weighted by molar-refractivity contribution is -0.115. The maximum Gasteiger partial charge on any atom is 0.269 e. The molecule has 0 aliphatic rings. The molecule has 0 saturated carbocycles. The van der Waals surface area contributed by atoms with Crippen molar-refractivity contribution in [3.8, 4) is 5.75 Å². The number of nitrogens with zero attached hydrogens (tertiary/aromatic N) is 2. The van der Waals surface area contributed by atoms with E-state index in [0.29, 0.717) is 24.0 Å². The molecule has 0 aliphatic carbocycles. The number of unbranched alkanes of at least 4 members (excludes halogenated alkanes) is 1. The maximum atomic E-state index is 11.9. The molecule has 23 heavy (non-hydrogen) atoms. The van der Waals surface area contributed by atoms with Crippen molar-refractivity contribution in [2.75, 3.05) is 13.1 Å². The fraction of sp³-hybridized carbons (Fsp3) is 0.357. The van der Waals surface area contributed by atoms with Crippen molar-refractivity contribution in [3.05, 3.63) is 28.2 Å². The third-order valence-corrected chi connectivity index (χ3v) is 3.57. The highest BCUT2D eigenvalue weighted by Gasteiger charge is 2.13. The van der Waals surface area contributed by atoms with Crippen LogP contribution in [0.15, 0.2) is 32.8 Å². The lowest BCUT2D eigenvalue weighted by atomic mass is 10.1. The van der Waals surface area contributed by atoms with Crippen LogP contribution in [0.4, 0.5) is 0 Å². The number of hydrogen-bond donors (Lipinski definition) is 5. The smallest absolute Gasteiger partial charge is 0.269 e. The normalized spacial score (nSPS) is 11.1. The van der Waals surface area contributed by atoms with Crippen molar-refractivity contribution in [1.29, 1.82) is 0 Å². The van der Waals surface area contributed by atoms with Crippen molar-refractivity contribution in [3.63, 3.8) is 0 Å². The van der Waals surface area contributed by atoms with Crippen LogP contribution >= 0.6 is 15.9 Å². The number of oxime groups is 1. The number of phenolic OH excluding ortho intramolecular Hbond substituents is 1. The van der Waals surface area contributed by atoms with Crippen molar-refractivity contribution < 1.29 is 15.1 Å². The Balaban J connectivity index is 2.43. The fourth-order valence-electron chi connectivity index (χ4n) is 1.76. The van der Waals surface area contributed by atoms with Crippen LogP contribution in [0.2, 0.25) is 0 Å². The van der Waals surface area contributed by atoms with E-state index in [1.54, 1.807) is 12.1 Å². The highest BCUT2D eigenvalue weighted by atomic mass is 79.9. The predicted molar refractivity (Wildman–Crippen MR) is 91.7 cm³/mol. The molecule has 8 nitrogen and oxygen atoms in total. The minimum atomic E-state index is -0.446. The summed E-state index contributed by atoms with van der Waals surface area (Å²) in [6.45, 7) is 0.928. The first kappa shape index (κ1) is 18.8. The molecule has 1 rings (SSSR count). The Labute approximate surface area is 142 Å². The lowest BCUT2D eigenvalue weighted by Crippen LogP contribution is -2.33. The molecule has 9 heteroatoms. The van der Waals surface area contributed by atoms with Gasteiger partial charge in [-0.05, 0) is 46.5 Å². The number of carbonyl (C=O) groups is 1. The number of hydrogen-bond acceptors (Lipinski definition) is 5. The topological polar surface area (TPSA) is 146 Å². The molecule has 0 fully saturated rings. The monoisotopic (exact) mass is 385 g/mol. The van der Waals surface area contributed by atoms with Gasteiger partial charge in [0.2, 0.25) is 0 Å². The molecule has 0 aliphatic heterocycles. The first-order valence-electron chi connectivity index (χ1n) is 6.96. The van der Waals surface area contributed by atoms with Gasteiger partial charge < -0.3 is 27.1 Å². The largest absolute Gasteiger partial charge is 0.507 e. The average molecular weight is 386 g/mol. The van der Waals surface area contributed by atoms with E-state index < -0.39 is 5.91 Å². The second-order valence-corrected chi connectivity index (χ2v) is 5.63. The van der Waals surface area contributed by atoms with Gasteiger partial charge in [0.1, 0.15) is 11.5 Å². The Bertz CT molecular complexity index is 600. The molecular weight excluding hydrogens is 366 g/mol. The SMILES string of the molecule is NC(N)=NCCCCNC(=O)C(Cc1ccc(O)c(Br)c1)=NO. The highest BCUT2D eigenvalue weighted by Crippen LogP contribution is 2.24. The molecule has 0 spiro atoms. The number of benzene rings is 1. The summed E-state index contributed by atoms with van der Waals surface area (Å²) in [4.78, 5) is 15.8. The molecule has 0 atom stereocenters. The van der Waals surface area contributed by atoms with Crippen LogP contribution in [-0.4, -0.2) is 41.0 Å². The Hall–Kier alpha value is -2.29. The van der Waals surface area contributed by atoms with Gasteiger partial charge in [-0.25, -0.2) is 0 Å². The van der Waals surface area contributed by atoms with Gasteiger partial charge in [-0.2, -0.15) is 0 Å². The number of halogens is 1. The first-order chi connectivity index (χ1) is 10.9. The van der Waals surface area contributed by atoms with Crippen molar-refractivity contribution >= 4 is 33.5 Å². The Morgan fingerprint density at radius 3 is 2.65 bits per heavy atom. The van der Waals surface area contributed by atoms with Gasteiger partial charge in [0, 0.05) is 19.5 Å². The molecule has 126 valence electrons. The van der Waals surface area contributed by atoms with Crippen LogP contribution in [0, 0.1) is 0 Å². The van der Waals surface area contributed by atoms with E-state index in [0.717, 1.165) is 12.0 Å². The van der Waals surface area contributed by atoms with E-state index in [4.69, 9.17) is 16.7 Å². The van der Waals surface area contributed by atoms with Gasteiger partial charge in [0.15, 0.2) is 5.96 Å². The van der Waals surface area contributed by atoms with Gasteiger partial charge in [-0.3, -0.25) is 9.79 Å². The molecule has 0 heterocycles. The molecule has 0 saturated heterocycles. The number of aliphatic imine (C=N–C) groups is 1. The summed E-state index contributed by atoms with van der Waals surface area (Å²) in [5, 5.41) is 24.2. The number of amides is 1. The van der Waals surface area contributed by atoms with Gasteiger partial charge in [0.25, 0.3) is 5.91 Å². The second kappa shape index (κ2) is 9.67. The van der Waals surface area contributed by atoms with E-state index in [1.165, 1.54) is 6.07 Å². The first-order valence-corrected chi connectivity index (χ1v) is 7.75. The number of aromatic hydroxyl groups is 1. The minimum Gasteiger partial charge on any atom is -0.507 e.